The van der Waals surface area contributed by atoms with Crippen LogP contribution in [-0.2, 0) is 20.9 Å². The van der Waals surface area contributed by atoms with E-state index in [1.165, 1.54) is 25.8 Å². The fraction of sp³-hybridized carbons (Fsp3) is 0.520. The molecule has 2 N–H and O–H groups in total. The first-order valence-corrected chi connectivity index (χ1v) is 11.6. The van der Waals surface area contributed by atoms with Crippen LogP contribution in [0.15, 0.2) is 36.5 Å². The molecule has 3 rings (SSSR count). The van der Waals surface area contributed by atoms with Crippen LogP contribution in [0.3, 0.4) is 0 Å². The van der Waals surface area contributed by atoms with Crippen LogP contribution >= 0.6 is 0 Å². The summed E-state index contributed by atoms with van der Waals surface area (Å²) in [6, 6.07) is 6.86. The van der Waals surface area contributed by atoms with Crippen LogP contribution in [0.1, 0.15) is 52.8 Å². The van der Waals surface area contributed by atoms with Gasteiger partial charge in [-0.3, -0.25) is 14.5 Å². The zero-order chi connectivity index (χ0) is 26.0. The number of amides is 3. The van der Waals surface area contributed by atoms with Crippen molar-refractivity contribution in [1.82, 2.24) is 25.1 Å². The Morgan fingerprint density at radius 2 is 1.77 bits per heavy atom. The van der Waals surface area contributed by atoms with E-state index in [2.05, 4.69) is 15.6 Å². The molecular weight excluding hydrogens is 453 g/mol. The van der Waals surface area contributed by atoms with E-state index in [0.29, 0.717) is 24.5 Å². The van der Waals surface area contributed by atoms with Crippen molar-refractivity contribution < 1.29 is 23.5 Å². The summed E-state index contributed by atoms with van der Waals surface area (Å²) >= 11 is 0. The molecule has 2 heterocycles. The molecule has 0 bridgehead atoms. The number of nitrogens with zero attached hydrogens (tertiary/aromatic N) is 3. The number of ether oxygens (including phenoxy) is 1. The average Bonchev–Trinajstić information content (AvgIpc) is 3.08. The summed E-state index contributed by atoms with van der Waals surface area (Å²) in [6.45, 7) is 8.38. The lowest BCUT2D eigenvalue weighted by Crippen LogP contribution is -2.58. The van der Waals surface area contributed by atoms with Crippen LogP contribution in [0, 0.1) is 0 Å². The molecule has 2 atom stereocenters. The summed E-state index contributed by atoms with van der Waals surface area (Å²) in [6.07, 6.45) is 1.41. The second-order valence-electron chi connectivity index (χ2n) is 10.1. The predicted octanol–water partition coefficient (Wildman–Crippen LogP) is 3.21. The second-order valence-corrected chi connectivity index (χ2v) is 10.1. The van der Waals surface area contributed by atoms with E-state index in [1.54, 1.807) is 27.0 Å². The van der Waals surface area contributed by atoms with Crippen LogP contribution in [-0.4, -0.2) is 63.3 Å². The summed E-state index contributed by atoms with van der Waals surface area (Å²) in [7, 11) is 1.37. The first kappa shape index (κ1) is 26.2. The van der Waals surface area contributed by atoms with Gasteiger partial charge in [0.25, 0.3) is 0 Å². The van der Waals surface area contributed by atoms with Gasteiger partial charge in [0.15, 0.2) is 6.04 Å². The number of fused-ring (bicyclic) bond motifs is 1. The van der Waals surface area contributed by atoms with Crippen LogP contribution in [0.5, 0.6) is 0 Å². The second kappa shape index (κ2) is 10.1. The highest BCUT2D eigenvalue weighted by molar-refractivity contribution is 5.92. The number of rotatable bonds is 5. The minimum atomic E-state index is -2.05. The van der Waals surface area contributed by atoms with E-state index in [1.807, 2.05) is 34.9 Å². The van der Waals surface area contributed by atoms with Crippen molar-refractivity contribution in [2.45, 2.75) is 70.9 Å². The number of nitrogens with one attached hydrogen (secondary N) is 2. The van der Waals surface area contributed by atoms with Gasteiger partial charge in [-0.15, -0.1) is 0 Å². The molecule has 0 radical (unpaired) electrons. The number of halogens is 1. The molecule has 1 aromatic heterocycles. The van der Waals surface area contributed by atoms with E-state index >= 15 is 0 Å². The molecule has 3 amide bonds. The molecule has 35 heavy (non-hydrogen) atoms. The predicted molar refractivity (Wildman–Crippen MR) is 129 cm³/mol. The normalized spacial score (nSPS) is 17.1. The smallest absolute Gasteiger partial charge is 0.411 e. The Balaban J connectivity index is 2.08. The number of aromatic nitrogens is 2. The SMILES string of the molecule is CNC(=O)C(NC(=O)C1c2cnc(-c3ccccc3)n2CCCN1C(=O)OC(C)(C)C)C(C)(C)F. The van der Waals surface area contributed by atoms with E-state index in [4.69, 9.17) is 4.74 Å². The van der Waals surface area contributed by atoms with E-state index in [0.717, 1.165) is 5.56 Å². The molecule has 0 saturated carbocycles. The van der Waals surface area contributed by atoms with Crippen molar-refractivity contribution in [3.63, 3.8) is 0 Å². The molecule has 190 valence electrons. The highest BCUT2D eigenvalue weighted by atomic mass is 19.1. The summed E-state index contributed by atoms with van der Waals surface area (Å²) in [4.78, 5) is 45.1. The van der Waals surface area contributed by atoms with Gasteiger partial charge in [-0.1, -0.05) is 30.3 Å². The third kappa shape index (κ3) is 5.98. The van der Waals surface area contributed by atoms with Gasteiger partial charge in [-0.2, -0.15) is 0 Å². The lowest BCUT2D eigenvalue weighted by Gasteiger charge is -2.33. The van der Waals surface area contributed by atoms with Crippen molar-refractivity contribution in [3.8, 4) is 11.4 Å². The first-order valence-electron chi connectivity index (χ1n) is 11.6. The number of hydrogen-bond acceptors (Lipinski definition) is 5. The zero-order valence-electron chi connectivity index (χ0n) is 21.1. The van der Waals surface area contributed by atoms with Gasteiger partial charge in [-0.05, 0) is 41.0 Å². The number of benzene rings is 1. The van der Waals surface area contributed by atoms with Gasteiger partial charge in [-0.25, -0.2) is 14.2 Å². The molecule has 1 aliphatic rings. The maximum atomic E-state index is 14.9. The third-order valence-corrected chi connectivity index (χ3v) is 5.65. The van der Waals surface area contributed by atoms with Crippen LogP contribution in [0.2, 0.25) is 0 Å². The fourth-order valence-corrected chi connectivity index (χ4v) is 4.06. The highest BCUT2D eigenvalue weighted by Crippen LogP contribution is 2.32. The molecule has 0 aliphatic carbocycles. The highest BCUT2D eigenvalue weighted by Gasteiger charge is 2.43. The maximum Gasteiger partial charge on any atom is 0.411 e. The zero-order valence-corrected chi connectivity index (χ0v) is 21.1. The molecular formula is C25H34FN5O4. The molecule has 0 saturated heterocycles. The fourth-order valence-electron chi connectivity index (χ4n) is 4.06. The van der Waals surface area contributed by atoms with Crippen molar-refractivity contribution in [1.29, 1.82) is 0 Å². The van der Waals surface area contributed by atoms with Crippen LogP contribution in [0.25, 0.3) is 11.4 Å². The van der Waals surface area contributed by atoms with Gasteiger partial charge in [0.2, 0.25) is 11.8 Å². The topological polar surface area (TPSA) is 106 Å². The molecule has 10 heteroatoms. The molecule has 1 aliphatic heterocycles. The molecule has 2 aromatic rings. The Hall–Kier alpha value is -3.43. The molecule has 2 unspecified atom stereocenters. The van der Waals surface area contributed by atoms with E-state index in [9.17, 15) is 18.8 Å². The Bertz CT molecular complexity index is 1070. The van der Waals surface area contributed by atoms with E-state index in [-0.39, 0.29) is 6.54 Å². The van der Waals surface area contributed by atoms with Crippen molar-refractivity contribution in [2.24, 2.45) is 0 Å². The largest absolute Gasteiger partial charge is 0.444 e. The molecule has 0 fully saturated rings. The van der Waals surface area contributed by atoms with Gasteiger partial charge in [0, 0.05) is 25.7 Å². The average molecular weight is 488 g/mol. The quantitative estimate of drug-likeness (QED) is 0.674. The van der Waals surface area contributed by atoms with Crippen LogP contribution < -0.4 is 10.6 Å². The van der Waals surface area contributed by atoms with Gasteiger partial charge in [0.05, 0.1) is 11.9 Å². The number of carbonyl (C=O) groups is 3. The summed E-state index contributed by atoms with van der Waals surface area (Å²) < 4.78 is 22.4. The summed E-state index contributed by atoms with van der Waals surface area (Å²) in [5.41, 5.74) is -1.52. The maximum absolute atomic E-state index is 14.9. The Kier molecular flexibility index (Phi) is 7.52. The van der Waals surface area contributed by atoms with Crippen molar-refractivity contribution in [3.05, 3.63) is 42.2 Å². The van der Waals surface area contributed by atoms with Gasteiger partial charge < -0.3 is 19.9 Å². The Morgan fingerprint density at radius 3 is 2.34 bits per heavy atom. The van der Waals surface area contributed by atoms with Crippen LogP contribution in [0.4, 0.5) is 9.18 Å². The van der Waals surface area contributed by atoms with Gasteiger partial charge >= 0.3 is 6.09 Å². The van der Waals surface area contributed by atoms with Crippen molar-refractivity contribution in [2.75, 3.05) is 13.6 Å². The monoisotopic (exact) mass is 487 g/mol. The number of likely N-dealkylation sites (N-methyl/N-ethyl adjacent to an activating group) is 1. The number of imidazole rings is 1. The molecule has 1 aromatic carbocycles. The van der Waals surface area contributed by atoms with Gasteiger partial charge in [0.1, 0.15) is 23.1 Å². The molecule has 0 spiro atoms. The number of carbonyl (C=O) groups excluding carboxylic acids is 3. The number of hydrogen-bond donors (Lipinski definition) is 2. The standard InChI is InChI=1S/C25H34FN5O4/c1-24(2,3)35-23(34)31-14-10-13-30-17(15-28-20(30)16-11-8-7-9-12-16)18(31)21(32)29-19(22(33)27-6)25(4,5)26/h7-9,11-12,15,18-19H,10,13-14H2,1-6H3,(H,27,33)(H,29,32). The summed E-state index contributed by atoms with van der Waals surface area (Å²) in [5, 5.41) is 4.91. The van der Waals surface area contributed by atoms with Crippen molar-refractivity contribution >= 4 is 17.9 Å². The minimum absolute atomic E-state index is 0.229. The lowest BCUT2D eigenvalue weighted by atomic mass is 9.99. The third-order valence-electron chi connectivity index (χ3n) is 5.65. The first-order chi connectivity index (χ1) is 16.3. The minimum Gasteiger partial charge on any atom is -0.444 e. The molecule has 9 nitrogen and oxygen atoms in total. The van der Waals surface area contributed by atoms with E-state index < -0.39 is 41.3 Å². The lowest BCUT2D eigenvalue weighted by molar-refractivity contribution is -0.135. The number of alkyl halides is 1. The Labute approximate surface area is 205 Å². The Morgan fingerprint density at radius 1 is 1.11 bits per heavy atom. The summed E-state index contributed by atoms with van der Waals surface area (Å²) in [5.74, 6) is -0.724.